The van der Waals surface area contributed by atoms with Gasteiger partial charge in [-0.3, -0.25) is 19.2 Å². The Bertz CT molecular complexity index is 1040. The molecule has 3 aliphatic heterocycles. The molecule has 0 radical (unpaired) electrons. The number of carbonyl (C=O) groups is 4. The Labute approximate surface area is 214 Å². The summed E-state index contributed by atoms with van der Waals surface area (Å²) in [5.41, 5.74) is 0.368. The summed E-state index contributed by atoms with van der Waals surface area (Å²) >= 11 is 11.9. The maximum absolute atomic E-state index is 12.7. The van der Waals surface area contributed by atoms with Crippen LogP contribution in [-0.4, -0.2) is 83.3 Å². The summed E-state index contributed by atoms with van der Waals surface area (Å²) in [6.45, 7) is 2.58. The van der Waals surface area contributed by atoms with Crippen molar-refractivity contribution in [1.82, 2.24) is 14.7 Å². The standard InChI is InChI=1S/C25H29Cl2N3O5/c26-19-3-1-18(17-20(19)27)2-4-21(31)28-11-6-22(32)29(16-15-28)12-7-23(33)30-13-9-25(10-14-30)8-5-24(34)35-25/h1-4,17H,5-16H2/b4-2+. The van der Waals surface area contributed by atoms with Crippen LogP contribution >= 0.6 is 23.2 Å². The summed E-state index contributed by atoms with van der Waals surface area (Å²) in [6.07, 6.45) is 6.11. The van der Waals surface area contributed by atoms with E-state index in [1.54, 1.807) is 39.0 Å². The molecule has 1 aromatic carbocycles. The zero-order chi connectivity index (χ0) is 25.0. The lowest BCUT2D eigenvalue weighted by Crippen LogP contribution is -2.47. The first-order valence-corrected chi connectivity index (χ1v) is 12.7. The number of hydrogen-bond donors (Lipinski definition) is 0. The van der Waals surface area contributed by atoms with Gasteiger partial charge in [-0.2, -0.15) is 0 Å². The van der Waals surface area contributed by atoms with Crippen LogP contribution in [-0.2, 0) is 23.9 Å². The van der Waals surface area contributed by atoms with E-state index in [1.165, 1.54) is 6.08 Å². The first kappa shape index (κ1) is 25.5. The molecule has 4 rings (SSSR count). The molecule has 1 spiro atoms. The average Bonchev–Trinajstić information content (AvgIpc) is 3.09. The van der Waals surface area contributed by atoms with Crippen molar-refractivity contribution >= 4 is 53.0 Å². The number of piperidine rings is 1. The van der Waals surface area contributed by atoms with Crippen molar-refractivity contribution in [1.29, 1.82) is 0 Å². The molecule has 3 fully saturated rings. The van der Waals surface area contributed by atoms with E-state index in [0.29, 0.717) is 68.6 Å². The molecule has 3 saturated heterocycles. The molecule has 10 heteroatoms. The Morgan fingerprint density at radius 3 is 2.40 bits per heavy atom. The van der Waals surface area contributed by atoms with Gasteiger partial charge in [0.2, 0.25) is 17.7 Å². The molecule has 3 heterocycles. The van der Waals surface area contributed by atoms with Crippen molar-refractivity contribution in [2.75, 3.05) is 39.3 Å². The predicted octanol–water partition coefficient (Wildman–Crippen LogP) is 3.16. The Morgan fingerprint density at radius 1 is 0.943 bits per heavy atom. The van der Waals surface area contributed by atoms with Crippen molar-refractivity contribution in [3.63, 3.8) is 0 Å². The van der Waals surface area contributed by atoms with Gasteiger partial charge in [-0.15, -0.1) is 0 Å². The number of halogens is 2. The van der Waals surface area contributed by atoms with E-state index in [-0.39, 0.29) is 36.5 Å². The van der Waals surface area contributed by atoms with Crippen LogP contribution in [0.2, 0.25) is 10.0 Å². The molecule has 0 aromatic heterocycles. The molecule has 1 aromatic rings. The summed E-state index contributed by atoms with van der Waals surface area (Å²) in [6, 6.07) is 5.12. The largest absolute Gasteiger partial charge is 0.459 e. The van der Waals surface area contributed by atoms with Crippen molar-refractivity contribution in [2.45, 2.75) is 44.1 Å². The van der Waals surface area contributed by atoms with Gasteiger partial charge in [-0.1, -0.05) is 29.3 Å². The first-order valence-electron chi connectivity index (χ1n) is 11.9. The van der Waals surface area contributed by atoms with Gasteiger partial charge < -0.3 is 19.4 Å². The van der Waals surface area contributed by atoms with E-state index < -0.39 is 5.60 Å². The monoisotopic (exact) mass is 521 g/mol. The second-order valence-corrected chi connectivity index (χ2v) is 10.1. The molecule has 0 aliphatic carbocycles. The number of ether oxygens (including phenoxy) is 1. The van der Waals surface area contributed by atoms with E-state index >= 15 is 0 Å². The number of likely N-dealkylation sites (tertiary alicyclic amines) is 1. The molecule has 3 aliphatic rings. The Hall–Kier alpha value is -2.58. The van der Waals surface area contributed by atoms with Crippen LogP contribution in [0.1, 0.15) is 44.1 Å². The molecule has 3 amide bonds. The topological polar surface area (TPSA) is 87.2 Å². The van der Waals surface area contributed by atoms with Gasteiger partial charge >= 0.3 is 5.97 Å². The Morgan fingerprint density at radius 2 is 1.71 bits per heavy atom. The van der Waals surface area contributed by atoms with Crippen molar-refractivity contribution < 1.29 is 23.9 Å². The quantitative estimate of drug-likeness (QED) is 0.438. The number of hydrogen-bond acceptors (Lipinski definition) is 5. The normalized spacial score (nSPS) is 20.5. The second kappa shape index (κ2) is 11.0. The maximum atomic E-state index is 12.7. The molecule has 8 nitrogen and oxygen atoms in total. The zero-order valence-corrected chi connectivity index (χ0v) is 21.0. The van der Waals surface area contributed by atoms with Crippen LogP contribution in [0.5, 0.6) is 0 Å². The molecule has 0 atom stereocenters. The number of rotatable bonds is 5. The lowest BCUT2D eigenvalue weighted by molar-refractivity contribution is -0.153. The highest BCUT2D eigenvalue weighted by atomic mass is 35.5. The van der Waals surface area contributed by atoms with Gasteiger partial charge in [-0.25, -0.2) is 0 Å². The molecular formula is C25H29Cl2N3O5. The summed E-state index contributed by atoms with van der Waals surface area (Å²) in [7, 11) is 0. The summed E-state index contributed by atoms with van der Waals surface area (Å²) in [5.74, 6) is -0.394. The minimum absolute atomic E-state index is 0.00119. The molecule has 0 bridgehead atoms. The molecule has 188 valence electrons. The molecule has 0 saturated carbocycles. The lowest BCUT2D eigenvalue weighted by Gasteiger charge is -2.38. The first-order chi connectivity index (χ1) is 16.7. The van der Waals surface area contributed by atoms with Gasteiger partial charge in [0.25, 0.3) is 0 Å². The highest BCUT2D eigenvalue weighted by Crippen LogP contribution is 2.36. The van der Waals surface area contributed by atoms with Crippen LogP contribution < -0.4 is 0 Å². The number of nitrogens with zero attached hydrogens (tertiary/aromatic N) is 3. The third-order valence-corrected chi connectivity index (χ3v) is 7.74. The number of benzene rings is 1. The highest BCUT2D eigenvalue weighted by Gasteiger charge is 2.43. The fourth-order valence-corrected chi connectivity index (χ4v) is 5.10. The minimum Gasteiger partial charge on any atom is -0.459 e. The molecule has 0 unspecified atom stereocenters. The van der Waals surface area contributed by atoms with Crippen molar-refractivity contribution in [2.24, 2.45) is 0 Å². The van der Waals surface area contributed by atoms with Crippen LogP contribution in [0.15, 0.2) is 24.3 Å². The highest BCUT2D eigenvalue weighted by molar-refractivity contribution is 6.42. The van der Waals surface area contributed by atoms with Gasteiger partial charge in [0, 0.05) is 77.4 Å². The van der Waals surface area contributed by atoms with Gasteiger partial charge in [0.05, 0.1) is 10.0 Å². The van der Waals surface area contributed by atoms with E-state index in [9.17, 15) is 19.2 Å². The maximum Gasteiger partial charge on any atom is 0.306 e. The van der Waals surface area contributed by atoms with Crippen molar-refractivity contribution in [3.8, 4) is 0 Å². The molecular weight excluding hydrogens is 493 g/mol. The fraction of sp³-hybridized carbons (Fsp3) is 0.520. The second-order valence-electron chi connectivity index (χ2n) is 9.25. The SMILES string of the molecule is O=C1CCC2(CCN(C(=O)CCN3CCN(C(=O)/C=C/c4ccc(Cl)c(Cl)c4)CCC3=O)CC2)O1. The summed E-state index contributed by atoms with van der Waals surface area (Å²) in [5, 5.41) is 0.862. The van der Waals surface area contributed by atoms with E-state index in [4.69, 9.17) is 27.9 Å². The van der Waals surface area contributed by atoms with E-state index in [2.05, 4.69) is 0 Å². The minimum atomic E-state index is -0.390. The van der Waals surface area contributed by atoms with Gasteiger partial charge in [0.15, 0.2) is 0 Å². The third kappa shape index (κ3) is 6.35. The summed E-state index contributed by atoms with van der Waals surface area (Å²) < 4.78 is 5.50. The van der Waals surface area contributed by atoms with Gasteiger partial charge in [0.1, 0.15) is 5.60 Å². The average molecular weight is 522 g/mol. The third-order valence-electron chi connectivity index (χ3n) is 7.00. The van der Waals surface area contributed by atoms with Crippen LogP contribution in [0.4, 0.5) is 0 Å². The molecule has 35 heavy (non-hydrogen) atoms. The Kier molecular flexibility index (Phi) is 8.02. The number of amides is 3. The van der Waals surface area contributed by atoms with E-state index in [0.717, 1.165) is 12.0 Å². The van der Waals surface area contributed by atoms with E-state index in [1.807, 2.05) is 0 Å². The van der Waals surface area contributed by atoms with Crippen LogP contribution in [0, 0.1) is 0 Å². The fourth-order valence-electron chi connectivity index (χ4n) is 4.79. The van der Waals surface area contributed by atoms with Gasteiger partial charge in [-0.05, 0) is 30.2 Å². The summed E-state index contributed by atoms with van der Waals surface area (Å²) in [4.78, 5) is 54.5. The number of esters is 1. The zero-order valence-electron chi connectivity index (χ0n) is 19.5. The predicted molar refractivity (Wildman–Crippen MR) is 132 cm³/mol. The lowest BCUT2D eigenvalue weighted by atomic mass is 9.88. The Balaban J connectivity index is 1.23. The van der Waals surface area contributed by atoms with Crippen molar-refractivity contribution in [3.05, 3.63) is 39.9 Å². The smallest absolute Gasteiger partial charge is 0.306 e. The number of carbonyl (C=O) groups excluding carboxylic acids is 4. The van der Waals surface area contributed by atoms with Crippen LogP contribution in [0.3, 0.4) is 0 Å². The molecule has 0 N–H and O–H groups in total. The van der Waals surface area contributed by atoms with Crippen LogP contribution in [0.25, 0.3) is 6.08 Å².